The second-order valence-corrected chi connectivity index (χ2v) is 4.81. The van der Waals surface area contributed by atoms with E-state index >= 15 is 0 Å². The molecule has 0 aromatic heterocycles. The van der Waals surface area contributed by atoms with Crippen LogP contribution in [0.25, 0.3) is 0 Å². The van der Waals surface area contributed by atoms with Gasteiger partial charge >= 0.3 is 0 Å². The van der Waals surface area contributed by atoms with Crippen LogP contribution in [-0.4, -0.2) is 37.0 Å². The highest BCUT2D eigenvalue weighted by Crippen LogP contribution is 2.17. The molecule has 0 unspecified atom stereocenters. The number of unbranched alkanes of at least 4 members (excludes halogenated alkanes) is 1. The summed E-state index contributed by atoms with van der Waals surface area (Å²) in [6.07, 6.45) is 6.77. The quantitative estimate of drug-likeness (QED) is 0.579. The molecule has 1 N–H and O–H groups in total. The average molecular weight is 311 g/mol. The van der Waals surface area contributed by atoms with Crippen LogP contribution in [0.4, 0.5) is 0 Å². The molecule has 1 fully saturated rings. The van der Waals surface area contributed by atoms with Gasteiger partial charge < -0.3 is 10.2 Å². The summed E-state index contributed by atoms with van der Waals surface area (Å²) in [5.41, 5.74) is 0. The number of nitrogens with one attached hydrogen (secondary N) is 1. The van der Waals surface area contributed by atoms with Gasteiger partial charge in [0.25, 0.3) is 0 Å². The Hall–Kier alpha value is -0.250. The first-order valence-corrected chi connectivity index (χ1v) is 6.87. The van der Waals surface area contributed by atoms with Crippen LogP contribution in [0.1, 0.15) is 39.0 Å². The monoisotopic (exact) mass is 310 g/mol. The number of rotatable bonds is 7. The maximum Gasteiger partial charge on any atom is 0.222 e. The number of carbonyl (C=O) groups is 1. The normalized spacial score (nSPS) is 15.3. The Morgan fingerprint density at radius 1 is 1.37 bits per heavy atom. The van der Waals surface area contributed by atoms with Gasteiger partial charge in [0, 0.05) is 19.5 Å². The van der Waals surface area contributed by atoms with Crippen LogP contribution >= 0.6 is 24.8 Å². The van der Waals surface area contributed by atoms with Crippen molar-refractivity contribution in [2.45, 2.75) is 39.0 Å². The molecule has 0 aromatic carbocycles. The highest BCUT2D eigenvalue weighted by atomic mass is 35.5. The smallest absolute Gasteiger partial charge is 0.222 e. The van der Waals surface area contributed by atoms with E-state index in [1.807, 2.05) is 11.0 Å². The van der Waals surface area contributed by atoms with Crippen LogP contribution < -0.4 is 5.32 Å². The van der Waals surface area contributed by atoms with Crippen molar-refractivity contribution in [2.24, 2.45) is 5.92 Å². The molecule has 0 spiro atoms. The number of allylic oxidation sites excluding steroid dienone is 1. The van der Waals surface area contributed by atoms with Gasteiger partial charge in [-0.2, -0.15) is 0 Å². The number of halogens is 2. The zero-order valence-corrected chi connectivity index (χ0v) is 13.5. The number of carbonyl (C=O) groups excluding carboxylic acids is 1. The first-order chi connectivity index (χ1) is 8.27. The Bertz CT molecular complexity index is 242. The minimum atomic E-state index is 0. The van der Waals surface area contributed by atoms with Crippen LogP contribution in [0.5, 0.6) is 0 Å². The van der Waals surface area contributed by atoms with Crippen LogP contribution in [0, 0.1) is 5.92 Å². The summed E-state index contributed by atoms with van der Waals surface area (Å²) in [5, 5.41) is 3.39. The van der Waals surface area contributed by atoms with E-state index in [-0.39, 0.29) is 24.8 Å². The van der Waals surface area contributed by atoms with Gasteiger partial charge in [-0.1, -0.05) is 13.0 Å². The second-order valence-electron chi connectivity index (χ2n) is 4.81. The molecule has 1 aliphatic rings. The van der Waals surface area contributed by atoms with E-state index in [1.165, 1.54) is 0 Å². The van der Waals surface area contributed by atoms with Gasteiger partial charge in [-0.25, -0.2) is 0 Å². The Labute approximate surface area is 130 Å². The molecule has 0 aromatic rings. The van der Waals surface area contributed by atoms with Gasteiger partial charge in [0.2, 0.25) is 5.91 Å². The summed E-state index contributed by atoms with van der Waals surface area (Å²) < 4.78 is 0. The van der Waals surface area contributed by atoms with E-state index in [9.17, 15) is 4.79 Å². The van der Waals surface area contributed by atoms with Gasteiger partial charge in [0.05, 0.1) is 0 Å². The molecule has 0 radical (unpaired) electrons. The Morgan fingerprint density at radius 2 is 2.00 bits per heavy atom. The van der Waals surface area contributed by atoms with Gasteiger partial charge in [-0.3, -0.25) is 4.79 Å². The maximum absolute atomic E-state index is 11.9. The van der Waals surface area contributed by atoms with Crippen molar-refractivity contribution in [3.63, 3.8) is 0 Å². The number of piperidine rings is 1. The summed E-state index contributed by atoms with van der Waals surface area (Å²) in [5.74, 6) is 1.08. The largest absolute Gasteiger partial charge is 0.343 e. The standard InChI is InChI=1S/C14H26N2O.2ClH/c1-3-5-6-7-14(17)16-10-8-13(9-11-16)12-15-4-2;;/h3,13,15H,1,4-12H2,2H3;2*1H. The summed E-state index contributed by atoms with van der Waals surface area (Å²) >= 11 is 0. The first kappa shape index (κ1) is 21.1. The lowest BCUT2D eigenvalue weighted by Gasteiger charge is -2.32. The predicted molar refractivity (Wildman–Crippen MR) is 86.4 cm³/mol. The Balaban J connectivity index is 0. The van der Waals surface area contributed by atoms with E-state index in [0.717, 1.165) is 57.8 Å². The molecule has 19 heavy (non-hydrogen) atoms. The van der Waals surface area contributed by atoms with E-state index < -0.39 is 0 Å². The zero-order valence-electron chi connectivity index (χ0n) is 11.9. The third-order valence-electron chi connectivity index (χ3n) is 3.45. The first-order valence-electron chi connectivity index (χ1n) is 6.87. The van der Waals surface area contributed by atoms with Crippen LogP contribution in [0.15, 0.2) is 12.7 Å². The third kappa shape index (κ3) is 8.51. The minimum absolute atomic E-state index is 0. The van der Waals surface area contributed by atoms with E-state index in [1.54, 1.807) is 0 Å². The van der Waals surface area contributed by atoms with Crippen molar-refractivity contribution in [3.05, 3.63) is 12.7 Å². The maximum atomic E-state index is 11.9. The lowest BCUT2D eigenvalue weighted by molar-refractivity contribution is -0.132. The van der Waals surface area contributed by atoms with Crippen molar-refractivity contribution in [1.29, 1.82) is 0 Å². The van der Waals surface area contributed by atoms with Crippen LogP contribution in [-0.2, 0) is 4.79 Å². The van der Waals surface area contributed by atoms with Crippen molar-refractivity contribution in [1.82, 2.24) is 10.2 Å². The molecule has 1 rings (SSSR count). The molecule has 1 amide bonds. The molecule has 0 saturated carbocycles. The van der Waals surface area contributed by atoms with Crippen LogP contribution in [0.3, 0.4) is 0 Å². The Kier molecular flexibility index (Phi) is 14.1. The molecular weight excluding hydrogens is 283 g/mol. The average Bonchev–Trinajstić information content (AvgIpc) is 2.37. The molecule has 3 nitrogen and oxygen atoms in total. The number of hydrogen-bond donors (Lipinski definition) is 1. The second kappa shape index (κ2) is 12.8. The van der Waals surface area contributed by atoms with Crippen molar-refractivity contribution in [2.75, 3.05) is 26.2 Å². The topological polar surface area (TPSA) is 32.3 Å². The van der Waals surface area contributed by atoms with E-state index in [4.69, 9.17) is 0 Å². The fraction of sp³-hybridized carbons (Fsp3) is 0.786. The lowest BCUT2D eigenvalue weighted by Crippen LogP contribution is -2.40. The lowest BCUT2D eigenvalue weighted by atomic mass is 9.96. The fourth-order valence-corrected chi connectivity index (χ4v) is 2.29. The molecule has 0 aliphatic carbocycles. The van der Waals surface area contributed by atoms with Crippen molar-refractivity contribution in [3.8, 4) is 0 Å². The Morgan fingerprint density at radius 3 is 2.53 bits per heavy atom. The SMILES string of the molecule is C=CCCCC(=O)N1CCC(CNCC)CC1.Cl.Cl. The van der Waals surface area contributed by atoms with Gasteiger partial charge in [-0.05, 0) is 44.7 Å². The summed E-state index contributed by atoms with van der Waals surface area (Å²) in [6, 6.07) is 0. The molecule has 0 bridgehead atoms. The van der Waals surface area contributed by atoms with E-state index in [2.05, 4.69) is 18.8 Å². The highest BCUT2D eigenvalue weighted by molar-refractivity contribution is 5.85. The number of amides is 1. The van der Waals surface area contributed by atoms with E-state index in [0.29, 0.717) is 12.3 Å². The van der Waals surface area contributed by atoms with Crippen molar-refractivity contribution < 1.29 is 4.79 Å². The highest BCUT2D eigenvalue weighted by Gasteiger charge is 2.21. The molecule has 0 atom stereocenters. The molecule has 1 heterocycles. The molecule has 114 valence electrons. The zero-order chi connectivity index (χ0) is 12.5. The molecule has 1 saturated heterocycles. The molecular formula is C14H28Cl2N2O. The minimum Gasteiger partial charge on any atom is -0.343 e. The fourth-order valence-electron chi connectivity index (χ4n) is 2.29. The molecule has 1 aliphatic heterocycles. The van der Waals surface area contributed by atoms with Crippen LogP contribution in [0.2, 0.25) is 0 Å². The van der Waals surface area contributed by atoms with Crippen molar-refractivity contribution >= 4 is 30.7 Å². The summed E-state index contributed by atoms with van der Waals surface area (Å²) in [7, 11) is 0. The summed E-state index contributed by atoms with van der Waals surface area (Å²) in [6.45, 7) is 9.86. The number of likely N-dealkylation sites (tertiary alicyclic amines) is 1. The third-order valence-corrected chi connectivity index (χ3v) is 3.45. The van der Waals surface area contributed by atoms with Gasteiger partial charge in [0.1, 0.15) is 0 Å². The van der Waals surface area contributed by atoms with Gasteiger partial charge in [0.15, 0.2) is 0 Å². The number of nitrogens with zero attached hydrogens (tertiary/aromatic N) is 1. The van der Waals surface area contributed by atoms with Gasteiger partial charge in [-0.15, -0.1) is 31.4 Å². The number of hydrogen-bond acceptors (Lipinski definition) is 2. The molecule has 5 heteroatoms. The summed E-state index contributed by atoms with van der Waals surface area (Å²) in [4.78, 5) is 13.9. The predicted octanol–water partition coefficient (Wildman–Crippen LogP) is 3.03.